The van der Waals surface area contributed by atoms with E-state index in [-0.39, 0.29) is 24.8 Å². The molecule has 4 rings (SSSR count). The Morgan fingerprint density at radius 1 is 0.929 bits per heavy atom. The second kappa shape index (κ2) is 3.58. The van der Waals surface area contributed by atoms with Crippen LogP contribution in [-0.4, -0.2) is 5.97 Å². The van der Waals surface area contributed by atoms with Crippen molar-refractivity contribution in [2.45, 2.75) is 32.1 Å². The van der Waals surface area contributed by atoms with Gasteiger partial charge in [-0.15, -0.1) is 0 Å². The van der Waals surface area contributed by atoms with Crippen molar-refractivity contribution in [3.63, 3.8) is 0 Å². The maximum atomic E-state index is 11.0. The molecule has 4 fully saturated rings. The molecule has 0 heterocycles. The third kappa shape index (κ3) is 1.44. The molecule has 2 nitrogen and oxygen atoms in total. The summed E-state index contributed by atoms with van der Waals surface area (Å²) in [5.74, 6) is 1.81. The Balaban J connectivity index is 0.000000750. The molecule has 4 saturated carbocycles. The molecule has 0 aliphatic heterocycles. The van der Waals surface area contributed by atoms with Crippen molar-refractivity contribution < 1.29 is 28.8 Å². The van der Waals surface area contributed by atoms with Crippen LogP contribution in [0.4, 0.5) is 0 Å². The quantitative estimate of drug-likeness (QED) is 0.436. The van der Waals surface area contributed by atoms with Crippen molar-refractivity contribution in [3.8, 4) is 0 Å². The first-order valence-electron chi connectivity index (χ1n) is 5.45. The predicted molar refractivity (Wildman–Crippen MR) is 45.5 cm³/mol. The van der Waals surface area contributed by atoms with Crippen molar-refractivity contribution in [1.82, 2.24) is 0 Å². The monoisotopic (exact) mass is 186 g/mol. The molecule has 0 aromatic rings. The molecule has 0 amide bonds. The number of carbonyl (C=O) groups is 1. The number of carbonyl (C=O) groups excluding carboxylic acids is 1. The van der Waals surface area contributed by atoms with Gasteiger partial charge in [0.2, 0.25) is 0 Å². The summed E-state index contributed by atoms with van der Waals surface area (Å²) in [7, 11) is 0. The van der Waals surface area contributed by atoms with Gasteiger partial charge in [0.05, 0.1) is 0 Å². The molecular formula is C11H15LiO2. The molecule has 72 valence electrons. The van der Waals surface area contributed by atoms with Crippen LogP contribution in [0.2, 0.25) is 0 Å². The molecule has 0 atom stereocenters. The molecule has 0 saturated heterocycles. The topological polar surface area (TPSA) is 40.1 Å². The average Bonchev–Trinajstić information content (AvgIpc) is 2.00. The van der Waals surface area contributed by atoms with E-state index in [1.807, 2.05) is 0 Å². The Hall–Kier alpha value is 0.0674. The first-order valence-corrected chi connectivity index (χ1v) is 5.45. The van der Waals surface area contributed by atoms with Crippen LogP contribution in [0.5, 0.6) is 0 Å². The van der Waals surface area contributed by atoms with E-state index in [2.05, 4.69) is 0 Å². The molecule has 0 radical (unpaired) electrons. The summed E-state index contributed by atoms with van der Waals surface area (Å²) < 4.78 is 0. The summed E-state index contributed by atoms with van der Waals surface area (Å²) in [6, 6.07) is 0. The summed E-state index contributed by atoms with van der Waals surface area (Å²) >= 11 is 0. The normalized spacial score (nSPS) is 48.7. The fraction of sp³-hybridized carbons (Fsp3) is 0.909. The van der Waals surface area contributed by atoms with Crippen LogP contribution in [0.25, 0.3) is 0 Å². The van der Waals surface area contributed by atoms with Crippen molar-refractivity contribution in [3.05, 3.63) is 0 Å². The second-order valence-electron chi connectivity index (χ2n) is 5.28. The van der Waals surface area contributed by atoms with Crippen LogP contribution >= 0.6 is 0 Å². The molecule has 0 spiro atoms. The van der Waals surface area contributed by atoms with Crippen LogP contribution in [0.1, 0.15) is 32.1 Å². The van der Waals surface area contributed by atoms with Gasteiger partial charge in [-0.3, -0.25) is 0 Å². The molecule has 0 N–H and O–H groups in total. The van der Waals surface area contributed by atoms with Gasteiger partial charge in [0.15, 0.2) is 0 Å². The molecule has 0 aromatic heterocycles. The Morgan fingerprint density at radius 3 is 1.71 bits per heavy atom. The second-order valence-corrected chi connectivity index (χ2v) is 5.28. The van der Waals surface area contributed by atoms with E-state index >= 15 is 0 Å². The third-order valence-electron chi connectivity index (χ3n) is 4.50. The molecule has 0 unspecified atom stereocenters. The number of hydrogen-bond donors (Lipinski definition) is 0. The minimum absolute atomic E-state index is 0. The van der Waals surface area contributed by atoms with Gasteiger partial charge < -0.3 is 9.90 Å². The van der Waals surface area contributed by atoms with Gasteiger partial charge in [-0.05, 0) is 55.8 Å². The standard InChI is InChI=1S/C11H16O2.Li/c12-11(13)10-8-2-6-1-7(4-8)5-9(10)3-6;/h6-10H,1-5H2,(H,12,13);/q;+1/p-1. The molecule has 0 aromatic carbocycles. The van der Waals surface area contributed by atoms with Crippen LogP contribution in [0.3, 0.4) is 0 Å². The fourth-order valence-electron chi connectivity index (χ4n) is 4.31. The Labute approximate surface area is 96.6 Å². The van der Waals surface area contributed by atoms with Gasteiger partial charge >= 0.3 is 18.9 Å². The van der Waals surface area contributed by atoms with Crippen LogP contribution < -0.4 is 24.0 Å². The van der Waals surface area contributed by atoms with E-state index in [9.17, 15) is 9.90 Å². The van der Waals surface area contributed by atoms with Crippen molar-refractivity contribution in [2.24, 2.45) is 29.6 Å². The average molecular weight is 186 g/mol. The van der Waals surface area contributed by atoms with Crippen molar-refractivity contribution in [2.75, 3.05) is 0 Å². The summed E-state index contributed by atoms with van der Waals surface area (Å²) in [5.41, 5.74) is 0. The minimum atomic E-state index is -0.770. The number of carboxylic acid groups (broad SMARTS) is 1. The summed E-state index contributed by atoms with van der Waals surface area (Å²) in [4.78, 5) is 11.0. The summed E-state index contributed by atoms with van der Waals surface area (Å²) in [6.07, 6.45) is 6.07. The largest absolute Gasteiger partial charge is 1.00 e. The first-order chi connectivity index (χ1) is 6.24. The predicted octanol–water partition coefficient (Wildman–Crippen LogP) is -2.19. The van der Waals surface area contributed by atoms with Crippen molar-refractivity contribution in [1.29, 1.82) is 0 Å². The molecule has 3 heteroatoms. The fourth-order valence-corrected chi connectivity index (χ4v) is 4.31. The number of hydrogen-bond acceptors (Lipinski definition) is 2. The Bertz CT molecular complexity index is 224. The zero-order valence-corrected chi connectivity index (χ0v) is 8.74. The Morgan fingerprint density at radius 2 is 1.36 bits per heavy atom. The van der Waals surface area contributed by atoms with E-state index in [1.165, 1.54) is 32.1 Å². The minimum Gasteiger partial charge on any atom is -0.550 e. The summed E-state index contributed by atoms with van der Waals surface area (Å²) in [5, 5.41) is 11.0. The maximum Gasteiger partial charge on any atom is 1.00 e. The number of aliphatic carboxylic acids is 1. The molecule has 4 aliphatic carbocycles. The maximum absolute atomic E-state index is 11.0. The number of carboxylic acids is 1. The van der Waals surface area contributed by atoms with Crippen LogP contribution in [-0.2, 0) is 4.79 Å². The molecule has 4 aliphatic rings. The van der Waals surface area contributed by atoms with E-state index in [0.717, 1.165) is 11.8 Å². The first kappa shape index (κ1) is 10.6. The molecule has 4 bridgehead atoms. The van der Waals surface area contributed by atoms with Crippen molar-refractivity contribution >= 4 is 5.97 Å². The zero-order chi connectivity index (χ0) is 9.00. The van der Waals surface area contributed by atoms with Crippen LogP contribution in [0.15, 0.2) is 0 Å². The smallest absolute Gasteiger partial charge is 0.550 e. The van der Waals surface area contributed by atoms with Gasteiger partial charge in [-0.25, -0.2) is 0 Å². The number of rotatable bonds is 1. The zero-order valence-electron chi connectivity index (χ0n) is 8.74. The van der Waals surface area contributed by atoms with E-state index in [1.54, 1.807) is 0 Å². The van der Waals surface area contributed by atoms with E-state index in [0.29, 0.717) is 11.8 Å². The third-order valence-corrected chi connectivity index (χ3v) is 4.50. The molecule has 14 heavy (non-hydrogen) atoms. The van der Waals surface area contributed by atoms with Gasteiger partial charge in [0, 0.05) is 11.9 Å². The van der Waals surface area contributed by atoms with Gasteiger partial charge in [-0.1, -0.05) is 0 Å². The summed E-state index contributed by atoms with van der Waals surface area (Å²) in [6.45, 7) is 0. The van der Waals surface area contributed by atoms with Crippen LogP contribution in [0, 0.1) is 29.6 Å². The van der Waals surface area contributed by atoms with Gasteiger partial charge in [0.25, 0.3) is 0 Å². The van der Waals surface area contributed by atoms with E-state index < -0.39 is 5.97 Å². The van der Waals surface area contributed by atoms with Gasteiger partial charge in [0.1, 0.15) is 0 Å². The van der Waals surface area contributed by atoms with Gasteiger partial charge in [-0.2, -0.15) is 0 Å². The SMILES string of the molecule is O=C([O-])C1C2CC3CC(C2)CC1C3.[Li+]. The molecular weight excluding hydrogens is 171 g/mol. The van der Waals surface area contributed by atoms with E-state index in [4.69, 9.17) is 0 Å². The Kier molecular flexibility index (Phi) is 2.70.